The lowest BCUT2D eigenvalue weighted by Crippen LogP contribution is -2.44. The summed E-state index contributed by atoms with van der Waals surface area (Å²) in [7, 11) is 0. The number of pyridine rings is 1. The van der Waals surface area contributed by atoms with Crippen LogP contribution in [0.2, 0.25) is 0 Å². The number of ether oxygens (including phenoxy) is 1. The van der Waals surface area contributed by atoms with Crippen molar-refractivity contribution in [1.29, 1.82) is 0 Å². The number of thiocarbonyl (C=S) groups is 1. The third-order valence-electron chi connectivity index (χ3n) is 2.43. The van der Waals surface area contributed by atoms with Gasteiger partial charge in [0.2, 0.25) is 0 Å². The normalized spacial score (nSPS) is 15.4. The van der Waals surface area contributed by atoms with Crippen molar-refractivity contribution in [1.82, 2.24) is 9.88 Å². The Hall–Kier alpha value is -1.53. The van der Waals surface area contributed by atoms with Gasteiger partial charge < -0.3 is 15.0 Å². The molecule has 5 nitrogen and oxygen atoms in total. The van der Waals surface area contributed by atoms with Gasteiger partial charge in [-0.3, -0.25) is 9.78 Å². The monoisotopic (exact) mass is 251 g/mol. The molecule has 0 bridgehead atoms. The molecule has 1 amide bonds. The van der Waals surface area contributed by atoms with E-state index in [9.17, 15) is 4.79 Å². The van der Waals surface area contributed by atoms with Crippen LogP contribution in [0.3, 0.4) is 0 Å². The lowest BCUT2D eigenvalue weighted by Gasteiger charge is -2.28. The number of nitrogens with one attached hydrogen (secondary N) is 1. The summed E-state index contributed by atoms with van der Waals surface area (Å²) in [6, 6.07) is 3.44. The maximum atomic E-state index is 11.9. The molecule has 2 rings (SSSR count). The predicted molar refractivity (Wildman–Crippen MR) is 67.9 cm³/mol. The van der Waals surface area contributed by atoms with Crippen LogP contribution >= 0.6 is 12.2 Å². The zero-order valence-electron chi connectivity index (χ0n) is 9.26. The molecule has 0 aromatic carbocycles. The maximum Gasteiger partial charge on any atom is 0.283 e. The molecule has 0 radical (unpaired) electrons. The zero-order valence-corrected chi connectivity index (χ0v) is 10.1. The fourth-order valence-corrected chi connectivity index (χ4v) is 1.76. The molecule has 0 aliphatic carbocycles. The first-order chi connectivity index (χ1) is 8.27. The quantitative estimate of drug-likeness (QED) is 0.744. The van der Waals surface area contributed by atoms with Gasteiger partial charge in [-0.25, -0.2) is 0 Å². The molecule has 1 saturated heterocycles. The standard InChI is InChI=1S/C11H13N3O2S/c15-10(13-9-1-3-12-4-2-9)11(17)14-5-7-16-8-6-14/h1-4H,5-8H2,(H,12,13,15). The molecular weight excluding hydrogens is 238 g/mol. The highest BCUT2D eigenvalue weighted by atomic mass is 32.1. The average Bonchev–Trinajstić information content (AvgIpc) is 2.40. The molecule has 1 aromatic heterocycles. The molecule has 1 aliphatic heterocycles. The van der Waals surface area contributed by atoms with Gasteiger partial charge in [0, 0.05) is 31.2 Å². The van der Waals surface area contributed by atoms with Crippen LogP contribution in [-0.4, -0.2) is 47.1 Å². The fourth-order valence-electron chi connectivity index (χ4n) is 1.53. The van der Waals surface area contributed by atoms with Gasteiger partial charge in [0.05, 0.1) is 13.2 Å². The second kappa shape index (κ2) is 5.70. The number of morpholine rings is 1. The first kappa shape index (κ1) is 11.9. The van der Waals surface area contributed by atoms with E-state index in [0.29, 0.717) is 37.0 Å². The molecule has 0 unspecified atom stereocenters. The zero-order chi connectivity index (χ0) is 12.1. The number of anilines is 1. The lowest BCUT2D eigenvalue weighted by molar-refractivity contribution is -0.111. The Bertz CT molecular complexity index is 404. The molecule has 0 saturated carbocycles. The molecule has 1 aromatic rings. The van der Waals surface area contributed by atoms with Crippen molar-refractivity contribution in [3.05, 3.63) is 24.5 Å². The largest absolute Gasteiger partial charge is 0.378 e. The first-order valence-corrected chi connectivity index (χ1v) is 5.76. The van der Waals surface area contributed by atoms with Gasteiger partial charge >= 0.3 is 0 Å². The Balaban J connectivity index is 1.93. The summed E-state index contributed by atoms with van der Waals surface area (Å²) in [5, 5.41) is 2.74. The van der Waals surface area contributed by atoms with Crippen LogP contribution in [0, 0.1) is 0 Å². The summed E-state index contributed by atoms with van der Waals surface area (Å²) in [5.41, 5.74) is 0.695. The molecule has 2 heterocycles. The Morgan fingerprint density at radius 1 is 1.35 bits per heavy atom. The smallest absolute Gasteiger partial charge is 0.283 e. The molecule has 1 aliphatic rings. The Labute approximate surface area is 105 Å². The van der Waals surface area contributed by atoms with Gasteiger partial charge in [-0.15, -0.1) is 0 Å². The van der Waals surface area contributed by atoms with Crippen molar-refractivity contribution >= 4 is 28.8 Å². The van der Waals surface area contributed by atoms with Crippen LogP contribution in [0.25, 0.3) is 0 Å². The molecule has 1 N–H and O–H groups in total. The number of hydrogen-bond donors (Lipinski definition) is 1. The summed E-state index contributed by atoms with van der Waals surface area (Å²) in [6.45, 7) is 2.57. The number of carbonyl (C=O) groups is 1. The summed E-state index contributed by atoms with van der Waals surface area (Å²) in [5.74, 6) is -0.256. The molecule has 0 spiro atoms. The minimum atomic E-state index is -0.256. The average molecular weight is 251 g/mol. The van der Waals surface area contributed by atoms with E-state index in [1.165, 1.54) is 0 Å². The number of aromatic nitrogens is 1. The molecular formula is C11H13N3O2S. The molecule has 6 heteroatoms. The van der Waals surface area contributed by atoms with Gasteiger partial charge in [-0.2, -0.15) is 0 Å². The third kappa shape index (κ3) is 3.21. The Kier molecular flexibility index (Phi) is 4.00. The highest BCUT2D eigenvalue weighted by Crippen LogP contribution is 2.05. The van der Waals surface area contributed by atoms with E-state index in [1.807, 2.05) is 4.90 Å². The lowest BCUT2D eigenvalue weighted by atomic mass is 10.3. The van der Waals surface area contributed by atoms with E-state index in [1.54, 1.807) is 24.5 Å². The van der Waals surface area contributed by atoms with Crippen molar-refractivity contribution in [2.45, 2.75) is 0 Å². The van der Waals surface area contributed by atoms with E-state index in [0.717, 1.165) is 0 Å². The van der Waals surface area contributed by atoms with Crippen LogP contribution in [0.1, 0.15) is 0 Å². The van der Waals surface area contributed by atoms with Crippen LogP contribution in [0.4, 0.5) is 5.69 Å². The van der Waals surface area contributed by atoms with Crippen LogP contribution < -0.4 is 5.32 Å². The second-order valence-corrected chi connectivity index (χ2v) is 3.98. The number of hydrogen-bond acceptors (Lipinski definition) is 4. The van der Waals surface area contributed by atoms with Gasteiger partial charge in [0.25, 0.3) is 5.91 Å². The summed E-state index contributed by atoms with van der Waals surface area (Å²) < 4.78 is 5.21. The number of nitrogens with zero attached hydrogens (tertiary/aromatic N) is 2. The van der Waals surface area contributed by atoms with Gasteiger partial charge in [0.1, 0.15) is 0 Å². The van der Waals surface area contributed by atoms with Crippen molar-refractivity contribution in [2.75, 3.05) is 31.6 Å². The summed E-state index contributed by atoms with van der Waals surface area (Å²) >= 11 is 5.14. The number of amides is 1. The molecule has 1 fully saturated rings. The van der Waals surface area contributed by atoms with Crippen molar-refractivity contribution in [3.63, 3.8) is 0 Å². The van der Waals surface area contributed by atoms with Crippen LogP contribution in [0.15, 0.2) is 24.5 Å². The van der Waals surface area contributed by atoms with E-state index < -0.39 is 0 Å². The Morgan fingerprint density at radius 2 is 2.00 bits per heavy atom. The number of rotatable bonds is 1. The van der Waals surface area contributed by atoms with Crippen molar-refractivity contribution < 1.29 is 9.53 Å². The predicted octanol–water partition coefficient (Wildman–Crippen LogP) is 0.680. The van der Waals surface area contributed by atoms with E-state index in [4.69, 9.17) is 17.0 Å². The highest BCUT2D eigenvalue weighted by Gasteiger charge is 2.19. The second-order valence-electron chi connectivity index (χ2n) is 3.59. The fraction of sp³-hybridized carbons (Fsp3) is 0.364. The molecule has 90 valence electrons. The molecule has 0 atom stereocenters. The summed E-state index contributed by atoms with van der Waals surface area (Å²) in [6.07, 6.45) is 3.24. The number of carbonyl (C=O) groups excluding carboxylic acids is 1. The highest BCUT2D eigenvalue weighted by molar-refractivity contribution is 7.82. The summed E-state index contributed by atoms with van der Waals surface area (Å²) in [4.78, 5) is 17.9. The SMILES string of the molecule is O=C(Nc1ccncc1)C(=S)N1CCOCC1. The van der Waals surface area contributed by atoms with Crippen molar-refractivity contribution in [2.24, 2.45) is 0 Å². The topological polar surface area (TPSA) is 54.5 Å². The van der Waals surface area contributed by atoms with Gasteiger partial charge in [0.15, 0.2) is 4.99 Å². The minimum Gasteiger partial charge on any atom is -0.378 e. The third-order valence-corrected chi connectivity index (χ3v) is 2.87. The van der Waals surface area contributed by atoms with E-state index >= 15 is 0 Å². The van der Waals surface area contributed by atoms with Gasteiger partial charge in [-0.05, 0) is 12.1 Å². The van der Waals surface area contributed by atoms with Crippen LogP contribution in [-0.2, 0) is 9.53 Å². The minimum absolute atomic E-state index is 0.256. The Morgan fingerprint density at radius 3 is 2.65 bits per heavy atom. The van der Waals surface area contributed by atoms with E-state index in [2.05, 4.69) is 10.3 Å². The van der Waals surface area contributed by atoms with E-state index in [-0.39, 0.29) is 5.91 Å². The maximum absolute atomic E-state index is 11.9. The molecule has 17 heavy (non-hydrogen) atoms. The van der Waals surface area contributed by atoms with Gasteiger partial charge in [-0.1, -0.05) is 12.2 Å². The van der Waals surface area contributed by atoms with Crippen LogP contribution in [0.5, 0.6) is 0 Å². The van der Waals surface area contributed by atoms with Crippen molar-refractivity contribution in [3.8, 4) is 0 Å². The first-order valence-electron chi connectivity index (χ1n) is 5.35.